The van der Waals surface area contributed by atoms with Gasteiger partial charge in [0, 0.05) is 29.7 Å². The van der Waals surface area contributed by atoms with Gasteiger partial charge in [-0.1, -0.05) is 17.7 Å². The maximum absolute atomic E-state index is 13.9. The maximum Gasteiger partial charge on any atom is 0.231 e. The number of nitrogens with one attached hydrogen (secondary N) is 1. The normalized spacial score (nSPS) is 12.4. The molecule has 1 aliphatic rings. The van der Waals surface area contributed by atoms with Crippen molar-refractivity contribution in [3.8, 4) is 22.8 Å². The molecule has 1 aromatic heterocycles. The molecule has 0 spiro atoms. The number of hydrogen-bond donors (Lipinski definition) is 1. The van der Waals surface area contributed by atoms with Crippen molar-refractivity contribution in [2.75, 3.05) is 12.1 Å². The van der Waals surface area contributed by atoms with E-state index in [4.69, 9.17) is 21.1 Å². The Morgan fingerprint density at radius 2 is 2.08 bits per heavy atom. The molecule has 1 aliphatic heterocycles. The highest BCUT2D eigenvalue weighted by atomic mass is 35.5. The number of rotatable bonds is 4. The van der Waals surface area contributed by atoms with Gasteiger partial charge in [0.2, 0.25) is 12.7 Å². The number of imidazole rings is 1. The van der Waals surface area contributed by atoms with Crippen LogP contribution in [0.4, 0.5) is 10.3 Å². The van der Waals surface area contributed by atoms with Crippen molar-refractivity contribution in [2.45, 2.75) is 6.54 Å². The Balaban J connectivity index is 1.57. The van der Waals surface area contributed by atoms with Crippen LogP contribution in [0.5, 0.6) is 11.5 Å². The average molecular weight is 360 g/mol. The first-order valence-electron chi connectivity index (χ1n) is 7.72. The van der Waals surface area contributed by atoms with Crippen molar-refractivity contribution in [3.63, 3.8) is 0 Å². The Kier molecular flexibility index (Phi) is 3.97. The standard InChI is InChI=1S/C18H15ClFN3O2/c1-23-15(11-5-6-16-17(7-11)25-10-24-16)9-22-18(23)21-8-12-13(19)3-2-4-14(12)20/h2-7,9H,8,10H2,1H3,(H,21,22). The monoisotopic (exact) mass is 359 g/mol. The third-order valence-corrected chi connectivity index (χ3v) is 4.50. The number of nitrogens with zero attached hydrogens (tertiary/aromatic N) is 2. The zero-order valence-electron chi connectivity index (χ0n) is 13.4. The van der Waals surface area contributed by atoms with Gasteiger partial charge >= 0.3 is 0 Å². The predicted molar refractivity (Wildman–Crippen MR) is 93.5 cm³/mol. The first kappa shape index (κ1) is 15.8. The van der Waals surface area contributed by atoms with Crippen molar-refractivity contribution in [3.05, 3.63) is 59.0 Å². The number of aromatic nitrogens is 2. The first-order valence-corrected chi connectivity index (χ1v) is 8.10. The highest BCUT2D eigenvalue weighted by Crippen LogP contribution is 2.36. The van der Waals surface area contributed by atoms with Crippen LogP contribution in [0, 0.1) is 5.82 Å². The van der Waals surface area contributed by atoms with Crippen LogP contribution in [-0.4, -0.2) is 16.3 Å². The van der Waals surface area contributed by atoms with Gasteiger partial charge in [0.1, 0.15) is 5.82 Å². The molecule has 0 atom stereocenters. The van der Waals surface area contributed by atoms with E-state index in [9.17, 15) is 4.39 Å². The van der Waals surface area contributed by atoms with Crippen LogP contribution in [-0.2, 0) is 13.6 Å². The van der Waals surface area contributed by atoms with Gasteiger partial charge in [0.25, 0.3) is 0 Å². The topological polar surface area (TPSA) is 48.3 Å². The molecule has 2 aromatic carbocycles. The van der Waals surface area contributed by atoms with Gasteiger partial charge in [0.15, 0.2) is 11.5 Å². The predicted octanol–water partition coefficient (Wildman–Crippen LogP) is 4.22. The van der Waals surface area contributed by atoms with E-state index >= 15 is 0 Å². The summed E-state index contributed by atoms with van der Waals surface area (Å²) in [6.07, 6.45) is 1.75. The van der Waals surface area contributed by atoms with Crippen LogP contribution in [0.2, 0.25) is 5.02 Å². The molecule has 1 N–H and O–H groups in total. The van der Waals surface area contributed by atoms with E-state index in [0.717, 1.165) is 17.0 Å². The molecule has 5 nitrogen and oxygen atoms in total. The molecule has 0 fully saturated rings. The molecule has 128 valence electrons. The SMILES string of the molecule is Cn1c(-c2ccc3c(c2)OCO3)cnc1NCc1c(F)cccc1Cl. The number of benzene rings is 2. The minimum absolute atomic E-state index is 0.236. The van der Waals surface area contributed by atoms with Crippen molar-refractivity contribution in [2.24, 2.45) is 7.05 Å². The van der Waals surface area contributed by atoms with E-state index in [1.807, 2.05) is 29.8 Å². The highest BCUT2D eigenvalue weighted by Gasteiger charge is 2.16. The minimum atomic E-state index is -0.342. The van der Waals surface area contributed by atoms with Gasteiger partial charge in [0.05, 0.1) is 11.9 Å². The quantitative estimate of drug-likeness (QED) is 0.757. The molecule has 4 rings (SSSR count). The largest absolute Gasteiger partial charge is 0.454 e. The summed E-state index contributed by atoms with van der Waals surface area (Å²) in [6.45, 7) is 0.483. The number of fused-ring (bicyclic) bond motifs is 1. The van der Waals surface area contributed by atoms with Crippen molar-refractivity contribution >= 4 is 17.5 Å². The lowest BCUT2D eigenvalue weighted by Gasteiger charge is -2.10. The number of ether oxygens (including phenoxy) is 2. The third-order valence-electron chi connectivity index (χ3n) is 4.14. The second-order valence-corrected chi connectivity index (χ2v) is 6.06. The van der Waals surface area contributed by atoms with Crippen LogP contribution in [0.25, 0.3) is 11.3 Å². The minimum Gasteiger partial charge on any atom is -0.454 e. The fraction of sp³-hybridized carbons (Fsp3) is 0.167. The lowest BCUT2D eigenvalue weighted by Crippen LogP contribution is -2.07. The van der Waals surface area contributed by atoms with Gasteiger partial charge in [-0.25, -0.2) is 9.37 Å². The van der Waals surface area contributed by atoms with E-state index in [2.05, 4.69) is 10.3 Å². The lowest BCUT2D eigenvalue weighted by atomic mass is 10.1. The molecule has 0 unspecified atom stereocenters. The summed E-state index contributed by atoms with van der Waals surface area (Å²) in [5, 5.41) is 3.51. The molecule has 0 saturated heterocycles. The van der Waals surface area contributed by atoms with E-state index in [0.29, 0.717) is 22.3 Å². The maximum atomic E-state index is 13.9. The summed E-state index contributed by atoms with van der Waals surface area (Å²) in [7, 11) is 1.89. The zero-order chi connectivity index (χ0) is 17.4. The summed E-state index contributed by atoms with van der Waals surface area (Å²) in [5.74, 6) is 1.72. The Morgan fingerprint density at radius 1 is 1.24 bits per heavy atom. The number of hydrogen-bond acceptors (Lipinski definition) is 4. The smallest absolute Gasteiger partial charge is 0.231 e. The Labute approximate surface area is 149 Å². The molecule has 0 aliphatic carbocycles. The molecule has 0 bridgehead atoms. The number of anilines is 1. The van der Waals surface area contributed by atoms with Gasteiger partial charge in [-0.3, -0.25) is 0 Å². The van der Waals surface area contributed by atoms with Crippen molar-refractivity contribution in [1.29, 1.82) is 0 Å². The first-order chi connectivity index (χ1) is 12.1. The molecular weight excluding hydrogens is 345 g/mol. The molecule has 0 amide bonds. The van der Waals surface area contributed by atoms with E-state index in [1.54, 1.807) is 18.3 Å². The van der Waals surface area contributed by atoms with Crippen LogP contribution >= 0.6 is 11.6 Å². The van der Waals surface area contributed by atoms with E-state index in [-0.39, 0.29) is 19.2 Å². The summed E-state index contributed by atoms with van der Waals surface area (Å²) >= 11 is 6.06. The molecule has 0 radical (unpaired) electrons. The van der Waals surface area contributed by atoms with Gasteiger partial charge in [-0.05, 0) is 30.3 Å². The van der Waals surface area contributed by atoms with E-state index in [1.165, 1.54) is 6.07 Å². The highest BCUT2D eigenvalue weighted by molar-refractivity contribution is 6.31. The zero-order valence-corrected chi connectivity index (χ0v) is 14.2. The summed E-state index contributed by atoms with van der Waals surface area (Å²) < 4.78 is 26.5. The molecule has 0 saturated carbocycles. The summed E-state index contributed by atoms with van der Waals surface area (Å²) in [5.41, 5.74) is 2.27. The molecular formula is C18H15ClFN3O2. The second kappa shape index (κ2) is 6.29. The third kappa shape index (κ3) is 2.89. The Hall–Kier alpha value is -2.73. The van der Waals surface area contributed by atoms with Gasteiger partial charge in [-0.15, -0.1) is 0 Å². The van der Waals surface area contributed by atoms with E-state index < -0.39 is 0 Å². The Bertz CT molecular complexity index is 922. The summed E-state index contributed by atoms with van der Waals surface area (Å²) in [6, 6.07) is 10.4. The molecule has 2 heterocycles. The van der Waals surface area contributed by atoms with Crippen molar-refractivity contribution in [1.82, 2.24) is 9.55 Å². The fourth-order valence-corrected chi connectivity index (χ4v) is 3.00. The van der Waals surface area contributed by atoms with Crippen LogP contribution in [0.3, 0.4) is 0 Å². The van der Waals surface area contributed by atoms with Crippen LogP contribution in [0.1, 0.15) is 5.56 Å². The van der Waals surface area contributed by atoms with Crippen LogP contribution < -0.4 is 14.8 Å². The molecule has 25 heavy (non-hydrogen) atoms. The molecule has 7 heteroatoms. The number of halogens is 2. The fourth-order valence-electron chi connectivity index (χ4n) is 2.77. The van der Waals surface area contributed by atoms with Gasteiger partial charge in [-0.2, -0.15) is 0 Å². The average Bonchev–Trinajstić information content (AvgIpc) is 3.20. The van der Waals surface area contributed by atoms with Crippen LogP contribution in [0.15, 0.2) is 42.6 Å². The van der Waals surface area contributed by atoms with Gasteiger partial charge < -0.3 is 19.4 Å². The molecule has 3 aromatic rings. The van der Waals surface area contributed by atoms with Crippen molar-refractivity contribution < 1.29 is 13.9 Å². The second-order valence-electron chi connectivity index (χ2n) is 5.65. The Morgan fingerprint density at radius 3 is 2.92 bits per heavy atom. The lowest BCUT2D eigenvalue weighted by molar-refractivity contribution is 0.174. The summed E-state index contributed by atoms with van der Waals surface area (Å²) in [4.78, 5) is 4.37.